The Hall–Kier alpha value is -3.09. The minimum absolute atomic E-state index is 0.00651. The number of aryl methyl sites for hydroxylation is 2. The van der Waals surface area contributed by atoms with E-state index in [1.54, 1.807) is 31.2 Å². The van der Waals surface area contributed by atoms with Crippen molar-refractivity contribution >= 4 is 5.91 Å². The number of amides is 1. The average Bonchev–Trinajstić information content (AvgIpc) is 3.11. The lowest BCUT2D eigenvalue weighted by Gasteiger charge is -2.43. The lowest BCUT2D eigenvalue weighted by Crippen LogP contribution is -2.57. The van der Waals surface area contributed by atoms with E-state index in [-0.39, 0.29) is 24.4 Å². The smallest absolute Gasteiger partial charge is 0.436 e. The van der Waals surface area contributed by atoms with E-state index >= 15 is 0 Å². The molecule has 3 rings (SSSR count). The summed E-state index contributed by atoms with van der Waals surface area (Å²) in [4.78, 5) is 12.6. The predicted molar refractivity (Wildman–Crippen MR) is 106 cm³/mol. The third-order valence-corrected chi connectivity index (χ3v) is 5.31. The standard InChI is InChI=1S/C22H22F3N3O3/c1-13-6-14(2)20(18(7-13)30-3)21(22(23,24)25,31-12-19(27)29)28-10-16-5-4-15(9-26)8-17(16)11-28/h4-8H,10-12H2,1-3H3,(H2,27,29). The summed E-state index contributed by atoms with van der Waals surface area (Å²) in [5.74, 6) is -1.03. The summed E-state index contributed by atoms with van der Waals surface area (Å²) in [6, 6.07) is 9.83. The Morgan fingerprint density at radius 1 is 1.19 bits per heavy atom. The highest BCUT2D eigenvalue weighted by molar-refractivity contribution is 5.75. The number of nitrogens with two attached hydrogens (primary N) is 1. The molecule has 1 atom stereocenters. The maximum atomic E-state index is 14.9. The van der Waals surface area contributed by atoms with Gasteiger partial charge in [-0.3, -0.25) is 9.69 Å². The molecule has 2 aromatic rings. The Kier molecular flexibility index (Phi) is 5.98. The highest BCUT2D eigenvalue weighted by atomic mass is 19.4. The molecule has 0 bridgehead atoms. The van der Waals surface area contributed by atoms with Crippen LogP contribution >= 0.6 is 0 Å². The molecule has 6 nitrogen and oxygen atoms in total. The average molecular weight is 433 g/mol. The summed E-state index contributed by atoms with van der Waals surface area (Å²) >= 11 is 0. The van der Waals surface area contributed by atoms with Crippen LogP contribution in [-0.2, 0) is 28.3 Å². The van der Waals surface area contributed by atoms with Crippen LogP contribution in [-0.4, -0.2) is 30.7 Å². The van der Waals surface area contributed by atoms with Gasteiger partial charge in [0.1, 0.15) is 12.4 Å². The number of alkyl halides is 3. The van der Waals surface area contributed by atoms with Crippen molar-refractivity contribution in [2.75, 3.05) is 13.7 Å². The van der Waals surface area contributed by atoms with Crippen molar-refractivity contribution in [2.45, 2.75) is 38.8 Å². The Morgan fingerprint density at radius 2 is 1.87 bits per heavy atom. The van der Waals surface area contributed by atoms with Gasteiger partial charge in [0, 0.05) is 13.1 Å². The Labute approximate surface area is 178 Å². The van der Waals surface area contributed by atoms with Crippen molar-refractivity contribution in [3.05, 3.63) is 63.7 Å². The molecule has 9 heteroatoms. The van der Waals surface area contributed by atoms with E-state index in [4.69, 9.17) is 20.5 Å². The van der Waals surface area contributed by atoms with Crippen LogP contribution in [0.1, 0.15) is 33.4 Å². The molecule has 0 saturated carbocycles. The lowest BCUT2D eigenvalue weighted by atomic mass is 9.92. The molecule has 1 unspecified atom stereocenters. The molecule has 31 heavy (non-hydrogen) atoms. The number of nitriles is 1. The summed E-state index contributed by atoms with van der Waals surface area (Å²) in [7, 11) is 1.28. The number of hydrogen-bond acceptors (Lipinski definition) is 5. The van der Waals surface area contributed by atoms with Crippen molar-refractivity contribution in [3.8, 4) is 11.8 Å². The Balaban J connectivity index is 2.25. The van der Waals surface area contributed by atoms with E-state index in [9.17, 15) is 18.0 Å². The van der Waals surface area contributed by atoms with Crippen LogP contribution in [0.5, 0.6) is 5.75 Å². The minimum atomic E-state index is -4.95. The van der Waals surface area contributed by atoms with Gasteiger partial charge in [0.15, 0.2) is 0 Å². The maximum Gasteiger partial charge on any atom is 0.436 e. The highest BCUT2D eigenvalue weighted by Gasteiger charge is 2.64. The second kappa shape index (κ2) is 8.21. The molecule has 0 aliphatic carbocycles. The Bertz CT molecular complexity index is 1060. The zero-order valence-electron chi connectivity index (χ0n) is 17.3. The van der Waals surface area contributed by atoms with Gasteiger partial charge in [-0.1, -0.05) is 12.1 Å². The number of rotatable bonds is 6. The topological polar surface area (TPSA) is 88.6 Å². The third-order valence-electron chi connectivity index (χ3n) is 5.31. The number of carbonyl (C=O) groups is 1. The first kappa shape index (κ1) is 22.6. The number of nitrogens with zero attached hydrogens (tertiary/aromatic N) is 2. The van der Waals surface area contributed by atoms with Crippen LogP contribution in [0.3, 0.4) is 0 Å². The summed E-state index contributed by atoms with van der Waals surface area (Å²) in [5, 5.41) is 9.14. The van der Waals surface area contributed by atoms with E-state index < -0.39 is 24.4 Å². The van der Waals surface area contributed by atoms with Crippen LogP contribution in [0, 0.1) is 25.2 Å². The predicted octanol–water partition coefficient (Wildman–Crippen LogP) is 3.42. The van der Waals surface area contributed by atoms with Gasteiger partial charge >= 0.3 is 6.18 Å². The summed E-state index contributed by atoms with van der Waals surface area (Å²) < 4.78 is 55.4. The molecule has 2 N–H and O–H groups in total. The minimum Gasteiger partial charge on any atom is -0.496 e. The first-order valence-electron chi connectivity index (χ1n) is 9.45. The summed E-state index contributed by atoms with van der Waals surface area (Å²) in [5.41, 5.74) is 4.52. The SMILES string of the molecule is COc1cc(C)cc(C)c1C(OCC(N)=O)(N1Cc2ccc(C#N)cc2C1)C(F)(F)F. The van der Waals surface area contributed by atoms with Gasteiger partial charge in [0.05, 0.1) is 24.3 Å². The maximum absolute atomic E-state index is 14.9. The quantitative estimate of drug-likeness (QED) is 0.754. The number of methoxy groups -OCH3 is 1. The van der Waals surface area contributed by atoms with Crippen molar-refractivity contribution in [3.63, 3.8) is 0 Å². The Morgan fingerprint density at radius 3 is 2.45 bits per heavy atom. The molecule has 0 radical (unpaired) electrons. The van der Waals surface area contributed by atoms with Crippen LogP contribution in [0.25, 0.3) is 0 Å². The molecule has 164 valence electrons. The second-order valence-corrected chi connectivity index (χ2v) is 7.51. The number of ether oxygens (including phenoxy) is 2. The number of benzene rings is 2. The molecule has 0 fully saturated rings. The molecular formula is C22H22F3N3O3. The number of carbonyl (C=O) groups excluding carboxylic acids is 1. The van der Waals surface area contributed by atoms with Gasteiger partial charge in [0.2, 0.25) is 11.6 Å². The molecule has 0 aromatic heterocycles. The van der Waals surface area contributed by atoms with Crippen LogP contribution in [0.4, 0.5) is 13.2 Å². The van der Waals surface area contributed by atoms with Gasteiger partial charge in [-0.15, -0.1) is 0 Å². The second-order valence-electron chi connectivity index (χ2n) is 7.51. The summed E-state index contributed by atoms with van der Waals surface area (Å²) in [6.45, 7) is 2.10. The number of halogens is 3. The lowest BCUT2D eigenvalue weighted by molar-refractivity contribution is -0.342. The molecule has 1 amide bonds. The fraction of sp³-hybridized carbons (Fsp3) is 0.364. The number of primary amides is 1. The van der Waals surface area contributed by atoms with E-state index in [1.807, 2.05) is 6.07 Å². The van der Waals surface area contributed by atoms with Gasteiger partial charge in [-0.05, 0) is 54.3 Å². The van der Waals surface area contributed by atoms with Gasteiger partial charge in [-0.25, -0.2) is 0 Å². The fourth-order valence-electron chi connectivity index (χ4n) is 4.11. The van der Waals surface area contributed by atoms with Crippen LogP contribution in [0.2, 0.25) is 0 Å². The van der Waals surface area contributed by atoms with Crippen molar-refractivity contribution in [1.29, 1.82) is 5.26 Å². The third kappa shape index (κ3) is 3.96. The molecule has 1 heterocycles. The zero-order chi connectivity index (χ0) is 23.0. The van der Waals surface area contributed by atoms with Crippen LogP contribution in [0.15, 0.2) is 30.3 Å². The number of fused-ring (bicyclic) bond motifs is 1. The van der Waals surface area contributed by atoms with E-state index in [0.29, 0.717) is 27.8 Å². The van der Waals surface area contributed by atoms with E-state index in [2.05, 4.69) is 0 Å². The first-order valence-corrected chi connectivity index (χ1v) is 9.45. The fourth-order valence-corrected chi connectivity index (χ4v) is 4.11. The highest BCUT2D eigenvalue weighted by Crippen LogP contribution is 2.52. The number of hydrogen-bond donors (Lipinski definition) is 1. The van der Waals surface area contributed by atoms with E-state index in [0.717, 1.165) is 4.90 Å². The molecule has 1 aliphatic rings. The molecule has 0 saturated heterocycles. The zero-order valence-corrected chi connectivity index (χ0v) is 17.3. The van der Waals surface area contributed by atoms with Gasteiger partial charge in [0.25, 0.3) is 0 Å². The monoisotopic (exact) mass is 433 g/mol. The van der Waals surface area contributed by atoms with Crippen molar-refractivity contribution < 1.29 is 27.4 Å². The first-order chi connectivity index (χ1) is 14.5. The molecular weight excluding hydrogens is 411 g/mol. The normalized spacial score (nSPS) is 15.8. The summed E-state index contributed by atoms with van der Waals surface area (Å²) in [6.07, 6.45) is -4.95. The molecule has 2 aromatic carbocycles. The van der Waals surface area contributed by atoms with Gasteiger partial charge < -0.3 is 15.2 Å². The molecule has 0 spiro atoms. The van der Waals surface area contributed by atoms with Crippen molar-refractivity contribution in [2.24, 2.45) is 5.73 Å². The van der Waals surface area contributed by atoms with Crippen LogP contribution < -0.4 is 10.5 Å². The van der Waals surface area contributed by atoms with Gasteiger partial charge in [-0.2, -0.15) is 18.4 Å². The van der Waals surface area contributed by atoms with E-state index in [1.165, 1.54) is 20.1 Å². The van der Waals surface area contributed by atoms with Crippen molar-refractivity contribution in [1.82, 2.24) is 4.90 Å². The molecule has 1 aliphatic heterocycles. The largest absolute Gasteiger partial charge is 0.496 e.